The first-order chi connectivity index (χ1) is 16.1. The monoisotopic (exact) mass is 443 g/mol. The maximum Gasteiger partial charge on any atom is 0.258 e. The molecule has 3 aliphatic rings. The first kappa shape index (κ1) is 20.3. The van der Waals surface area contributed by atoms with E-state index in [4.69, 9.17) is 4.74 Å². The lowest BCUT2D eigenvalue weighted by Crippen LogP contribution is -2.69. The van der Waals surface area contributed by atoms with Crippen molar-refractivity contribution < 1.29 is 4.74 Å². The summed E-state index contributed by atoms with van der Waals surface area (Å²) in [5.74, 6) is 2.31. The summed E-state index contributed by atoms with van der Waals surface area (Å²) in [4.78, 5) is 19.7. The molecule has 5 heterocycles. The molecule has 1 N–H and O–H groups in total. The standard InChI is InChI=1S/C26H29N5O2/c1-3-8-28-25-13-23-17(15-31(23)25)16-33-19-7-10-30(26(32)12-19)18-4-5-20-21-14-27-9-6-22(21)29(2)24(20)11-18/h3-5,7-8,10-12,17,23,27H,6,9,13-16H2,1-2H3/b8-3-,28-25?. The highest BCUT2D eigenvalue weighted by molar-refractivity contribution is 5.90. The number of ether oxygens (including phenoxy) is 1. The molecule has 7 heteroatoms. The molecule has 2 aromatic heterocycles. The van der Waals surface area contributed by atoms with E-state index in [1.54, 1.807) is 10.6 Å². The fraction of sp³-hybridized carbons (Fsp3) is 0.385. The molecule has 0 radical (unpaired) electrons. The zero-order chi connectivity index (χ0) is 22.5. The summed E-state index contributed by atoms with van der Waals surface area (Å²) in [6.07, 6.45) is 7.67. The lowest BCUT2D eigenvalue weighted by atomic mass is 9.79. The van der Waals surface area contributed by atoms with Gasteiger partial charge in [-0.2, -0.15) is 0 Å². The number of hydrogen-bond donors (Lipinski definition) is 1. The number of fused-ring (bicyclic) bond motifs is 4. The van der Waals surface area contributed by atoms with Gasteiger partial charge in [0, 0.05) is 81.0 Å². The summed E-state index contributed by atoms with van der Waals surface area (Å²) >= 11 is 0. The predicted octanol–water partition coefficient (Wildman–Crippen LogP) is 2.99. The summed E-state index contributed by atoms with van der Waals surface area (Å²) in [6.45, 7) is 5.51. The number of amidine groups is 1. The van der Waals surface area contributed by atoms with E-state index >= 15 is 0 Å². The van der Waals surface area contributed by atoms with Crippen molar-refractivity contribution in [3.63, 3.8) is 0 Å². The third-order valence-electron chi connectivity index (χ3n) is 7.37. The molecular weight excluding hydrogens is 414 g/mol. The summed E-state index contributed by atoms with van der Waals surface area (Å²) < 4.78 is 9.95. The molecule has 7 nitrogen and oxygen atoms in total. The molecule has 0 saturated carbocycles. The van der Waals surface area contributed by atoms with Crippen molar-refractivity contribution in [1.29, 1.82) is 0 Å². The minimum Gasteiger partial charge on any atom is -0.493 e. The zero-order valence-corrected chi connectivity index (χ0v) is 19.1. The molecule has 3 aromatic rings. The SMILES string of the molecule is C/C=C\N=C1CC2C(COc3ccn(-c4ccc5c6c(n(C)c5c4)CCNC6)c(=O)c3)CN12. The molecule has 3 aliphatic heterocycles. The maximum atomic E-state index is 12.9. The molecule has 0 aliphatic carbocycles. The Morgan fingerprint density at radius 3 is 2.97 bits per heavy atom. The molecule has 2 saturated heterocycles. The Labute approximate surface area is 193 Å². The second-order valence-corrected chi connectivity index (χ2v) is 9.21. The number of aromatic nitrogens is 2. The Bertz CT molecular complexity index is 1350. The van der Waals surface area contributed by atoms with Gasteiger partial charge in [-0.05, 0) is 30.7 Å². The van der Waals surface area contributed by atoms with Crippen LogP contribution in [0, 0.1) is 5.92 Å². The number of benzene rings is 1. The molecule has 33 heavy (non-hydrogen) atoms. The van der Waals surface area contributed by atoms with E-state index in [1.807, 2.05) is 37.5 Å². The first-order valence-electron chi connectivity index (χ1n) is 11.8. The molecule has 0 bridgehead atoms. The molecule has 1 aromatic carbocycles. The van der Waals surface area contributed by atoms with Crippen molar-refractivity contribution in [3.05, 3.63) is 70.4 Å². The van der Waals surface area contributed by atoms with Crippen LogP contribution in [0.3, 0.4) is 0 Å². The minimum absolute atomic E-state index is 0.0767. The van der Waals surface area contributed by atoms with Crippen molar-refractivity contribution in [3.8, 4) is 11.4 Å². The molecule has 6 rings (SSSR count). The summed E-state index contributed by atoms with van der Waals surface area (Å²) in [5, 5.41) is 4.73. The molecule has 0 spiro atoms. The third-order valence-corrected chi connectivity index (χ3v) is 7.37. The van der Waals surface area contributed by atoms with Gasteiger partial charge in [0.1, 0.15) is 11.6 Å². The van der Waals surface area contributed by atoms with Crippen LogP contribution in [0.4, 0.5) is 0 Å². The minimum atomic E-state index is -0.0767. The smallest absolute Gasteiger partial charge is 0.258 e. The van der Waals surface area contributed by atoms with Crippen molar-refractivity contribution in [2.75, 3.05) is 19.7 Å². The van der Waals surface area contributed by atoms with Gasteiger partial charge in [-0.3, -0.25) is 9.36 Å². The maximum absolute atomic E-state index is 12.9. The molecular formula is C26H29N5O2. The third kappa shape index (κ3) is 3.30. The van der Waals surface area contributed by atoms with Gasteiger partial charge in [-0.1, -0.05) is 12.1 Å². The van der Waals surface area contributed by atoms with Crippen molar-refractivity contribution >= 4 is 16.7 Å². The number of aryl methyl sites for hydroxylation is 1. The van der Waals surface area contributed by atoms with Crippen LogP contribution in [-0.2, 0) is 20.0 Å². The van der Waals surface area contributed by atoms with Crippen LogP contribution in [0.25, 0.3) is 16.6 Å². The van der Waals surface area contributed by atoms with E-state index in [1.165, 1.54) is 28.0 Å². The normalized spacial score (nSPS) is 22.8. The van der Waals surface area contributed by atoms with Crippen LogP contribution < -0.4 is 15.6 Å². The largest absolute Gasteiger partial charge is 0.493 e. The number of aliphatic imine (C=N–C) groups is 1. The summed E-state index contributed by atoms with van der Waals surface area (Å²) in [7, 11) is 2.12. The molecule has 0 amide bonds. The average Bonchev–Trinajstić information content (AvgIpc) is 3.11. The van der Waals surface area contributed by atoms with Crippen LogP contribution >= 0.6 is 0 Å². The molecule has 2 fully saturated rings. The van der Waals surface area contributed by atoms with E-state index in [0.717, 1.165) is 38.2 Å². The second kappa shape index (κ2) is 7.92. The Kier molecular flexibility index (Phi) is 4.87. The van der Waals surface area contributed by atoms with E-state index in [-0.39, 0.29) is 5.56 Å². The van der Waals surface area contributed by atoms with E-state index in [0.29, 0.717) is 24.3 Å². The van der Waals surface area contributed by atoms with Crippen molar-refractivity contribution in [1.82, 2.24) is 19.4 Å². The van der Waals surface area contributed by atoms with Gasteiger partial charge in [-0.15, -0.1) is 0 Å². The number of hydrogen-bond acceptors (Lipinski definition) is 4. The van der Waals surface area contributed by atoms with E-state index in [9.17, 15) is 4.79 Å². The van der Waals surface area contributed by atoms with Gasteiger partial charge in [-0.25, -0.2) is 4.99 Å². The van der Waals surface area contributed by atoms with Crippen LogP contribution in [0.15, 0.2) is 58.6 Å². The fourth-order valence-corrected chi connectivity index (χ4v) is 5.45. The van der Waals surface area contributed by atoms with Gasteiger partial charge in [0.05, 0.1) is 17.8 Å². The molecule has 170 valence electrons. The highest BCUT2D eigenvalue weighted by atomic mass is 16.5. The van der Waals surface area contributed by atoms with Crippen LogP contribution in [0.5, 0.6) is 5.75 Å². The van der Waals surface area contributed by atoms with Gasteiger partial charge < -0.3 is 19.5 Å². The highest BCUT2D eigenvalue weighted by Crippen LogP contribution is 2.38. The Balaban J connectivity index is 1.16. The van der Waals surface area contributed by atoms with Crippen molar-refractivity contribution in [2.24, 2.45) is 18.0 Å². The van der Waals surface area contributed by atoms with E-state index < -0.39 is 0 Å². The Morgan fingerprint density at radius 2 is 2.18 bits per heavy atom. The molecule has 2 unspecified atom stereocenters. The fourth-order valence-electron chi connectivity index (χ4n) is 5.45. The first-order valence-corrected chi connectivity index (χ1v) is 11.8. The van der Waals surface area contributed by atoms with Gasteiger partial charge in [0.15, 0.2) is 0 Å². The quantitative estimate of drug-likeness (QED) is 0.659. The summed E-state index contributed by atoms with van der Waals surface area (Å²) in [5.41, 5.74) is 4.73. The highest BCUT2D eigenvalue weighted by Gasteiger charge is 2.49. The van der Waals surface area contributed by atoms with Crippen LogP contribution in [-0.4, -0.2) is 45.6 Å². The molecule has 2 atom stereocenters. The Hall–Kier alpha value is -3.32. The lowest BCUT2D eigenvalue weighted by Gasteiger charge is -2.57. The average molecular weight is 444 g/mol. The van der Waals surface area contributed by atoms with E-state index in [2.05, 4.69) is 39.0 Å². The number of pyridine rings is 1. The topological polar surface area (TPSA) is 63.8 Å². The van der Waals surface area contributed by atoms with Crippen LogP contribution in [0.1, 0.15) is 24.6 Å². The van der Waals surface area contributed by atoms with Gasteiger partial charge in [0.25, 0.3) is 5.56 Å². The number of nitrogens with one attached hydrogen (secondary N) is 1. The zero-order valence-electron chi connectivity index (χ0n) is 19.1. The van der Waals surface area contributed by atoms with Gasteiger partial charge >= 0.3 is 0 Å². The number of allylic oxidation sites excluding steroid dienone is 1. The Morgan fingerprint density at radius 1 is 1.27 bits per heavy atom. The lowest BCUT2D eigenvalue weighted by molar-refractivity contribution is 0.0115. The predicted molar refractivity (Wildman–Crippen MR) is 130 cm³/mol. The number of nitrogens with zero attached hydrogens (tertiary/aromatic N) is 4. The second-order valence-electron chi connectivity index (χ2n) is 9.21. The van der Waals surface area contributed by atoms with Gasteiger partial charge in [0.2, 0.25) is 0 Å². The van der Waals surface area contributed by atoms with Crippen molar-refractivity contribution in [2.45, 2.75) is 32.4 Å². The number of rotatable bonds is 5. The summed E-state index contributed by atoms with van der Waals surface area (Å²) in [6, 6.07) is 10.3. The van der Waals surface area contributed by atoms with Crippen LogP contribution in [0.2, 0.25) is 0 Å². The number of piperidine rings is 1.